The Bertz CT molecular complexity index is 1040. The van der Waals surface area contributed by atoms with Crippen LogP contribution in [0.15, 0.2) is 36.4 Å². The van der Waals surface area contributed by atoms with Crippen LogP contribution in [0.1, 0.15) is 36.5 Å². The number of ether oxygens (including phenoxy) is 2. The molecule has 1 saturated carbocycles. The number of hydrogen-bond donors (Lipinski definition) is 1. The minimum Gasteiger partial charge on any atom is -0.467 e. The van der Waals surface area contributed by atoms with Crippen molar-refractivity contribution in [3.63, 3.8) is 0 Å². The molecule has 0 saturated heterocycles. The first-order valence-electron chi connectivity index (χ1n) is 9.99. The monoisotopic (exact) mass is 448 g/mol. The first-order chi connectivity index (χ1) is 15.2. The minimum atomic E-state index is -1.17. The zero-order valence-electron chi connectivity index (χ0n) is 17.5. The van der Waals surface area contributed by atoms with E-state index >= 15 is 0 Å². The number of nitro benzene ring substituents is 1. The lowest BCUT2D eigenvalue weighted by Crippen LogP contribution is -2.50. The fourth-order valence-corrected chi connectivity index (χ4v) is 3.33. The molecule has 0 bridgehead atoms. The zero-order valence-corrected chi connectivity index (χ0v) is 17.5. The summed E-state index contributed by atoms with van der Waals surface area (Å²) < 4.78 is 37.3. The smallest absolute Gasteiger partial charge is 0.331 e. The second-order valence-corrected chi connectivity index (χ2v) is 7.49. The summed E-state index contributed by atoms with van der Waals surface area (Å²) in [4.78, 5) is 35.9. The summed E-state index contributed by atoms with van der Waals surface area (Å²) in [5.74, 6) is -3.76. The number of esters is 1. The fourth-order valence-electron chi connectivity index (χ4n) is 3.33. The Kier molecular flexibility index (Phi) is 7.14. The summed E-state index contributed by atoms with van der Waals surface area (Å²) in [5, 5.41) is 14.1. The first-order valence-corrected chi connectivity index (χ1v) is 9.99. The van der Waals surface area contributed by atoms with Gasteiger partial charge in [0.15, 0.2) is 17.7 Å². The van der Waals surface area contributed by atoms with Crippen molar-refractivity contribution in [1.82, 2.24) is 5.32 Å². The van der Waals surface area contributed by atoms with Crippen LogP contribution in [0.3, 0.4) is 0 Å². The molecule has 0 heterocycles. The van der Waals surface area contributed by atoms with Gasteiger partial charge in [-0.25, -0.2) is 13.6 Å². The lowest BCUT2D eigenvalue weighted by Gasteiger charge is -2.32. The molecule has 1 aliphatic carbocycles. The van der Waals surface area contributed by atoms with E-state index in [0.29, 0.717) is 0 Å². The number of benzene rings is 2. The topological polar surface area (TPSA) is 108 Å². The highest BCUT2D eigenvalue weighted by atomic mass is 19.2. The molecule has 2 aromatic rings. The largest absolute Gasteiger partial charge is 0.467 e. The van der Waals surface area contributed by atoms with Gasteiger partial charge in [-0.2, -0.15) is 0 Å². The van der Waals surface area contributed by atoms with Crippen molar-refractivity contribution in [1.29, 1.82) is 0 Å². The van der Waals surface area contributed by atoms with E-state index < -0.39 is 46.3 Å². The second kappa shape index (κ2) is 9.82. The van der Waals surface area contributed by atoms with Crippen molar-refractivity contribution in [2.75, 3.05) is 7.11 Å². The number of nitro groups is 1. The third-order valence-corrected chi connectivity index (χ3v) is 5.36. The number of carbonyl (C=O) groups is 2. The van der Waals surface area contributed by atoms with Gasteiger partial charge >= 0.3 is 5.97 Å². The molecule has 0 aromatic heterocycles. The molecule has 1 amide bonds. The van der Waals surface area contributed by atoms with E-state index in [2.05, 4.69) is 5.32 Å². The van der Waals surface area contributed by atoms with Gasteiger partial charge < -0.3 is 14.8 Å². The van der Waals surface area contributed by atoms with Crippen molar-refractivity contribution < 1.29 is 32.8 Å². The van der Waals surface area contributed by atoms with E-state index in [1.165, 1.54) is 18.2 Å². The molecule has 0 unspecified atom stereocenters. The maximum absolute atomic E-state index is 13.6. The molecule has 32 heavy (non-hydrogen) atoms. The maximum Gasteiger partial charge on any atom is 0.331 e. The number of amides is 1. The van der Waals surface area contributed by atoms with Gasteiger partial charge in [0.2, 0.25) is 0 Å². The zero-order chi connectivity index (χ0) is 23.4. The van der Waals surface area contributed by atoms with Crippen LogP contribution in [0, 0.1) is 21.7 Å². The molecular formula is C22H22F2N2O6. The highest BCUT2D eigenvalue weighted by Crippen LogP contribution is 2.29. The summed E-state index contributed by atoms with van der Waals surface area (Å²) in [7, 11) is 1.16. The average Bonchev–Trinajstić information content (AvgIpc) is 2.75. The number of methoxy groups -OCH3 is 1. The van der Waals surface area contributed by atoms with Crippen molar-refractivity contribution in [3.05, 3.63) is 63.7 Å². The summed E-state index contributed by atoms with van der Waals surface area (Å²) in [6.07, 6.45) is 1.99. The Hall–Kier alpha value is -3.40. The molecule has 0 aliphatic heterocycles. The Morgan fingerprint density at radius 3 is 2.34 bits per heavy atom. The maximum atomic E-state index is 13.6. The normalized spacial score (nSPS) is 15.4. The molecule has 8 nitrogen and oxygen atoms in total. The third kappa shape index (κ3) is 5.08. The fraction of sp³-hybridized carbons (Fsp3) is 0.364. The predicted molar refractivity (Wildman–Crippen MR) is 110 cm³/mol. The number of hydrogen-bond acceptors (Lipinski definition) is 6. The molecule has 0 radical (unpaired) electrons. The van der Waals surface area contributed by atoms with Gasteiger partial charge in [-0.1, -0.05) is 12.1 Å². The predicted octanol–water partition coefficient (Wildman–Crippen LogP) is 3.77. The van der Waals surface area contributed by atoms with E-state index in [1.807, 2.05) is 0 Å². The molecule has 1 N–H and O–H groups in total. The highest BCUT2D eigenvalue weighted by Gasteiger charge is 2.33. The van der Waals surface area contributed by atoms with Crippen molar-refractivity contribution >= 4 is 17.6 Å². The first kappa shape index (κ1) is 23.3. The van der Waals surface area contributed by atoms with Crippen LogP contribution in [-0.4, -0.2) is 42.2 Å². The number of carbonyl (C=O) groups excluding carboxylic acids is 2. The average molecular weight is 448 g/mol. The van der Waals surface area contributed by atoms with Crippen LogP contribution in [0.5, 0.6) is 0 Å². The van der Waals surface area contributed by atoms with E-state index in [4.69, 9.17) is 9.47 Å². The van der Waals surface area contributed by atoms with E-state index in [9.17, 15) is 28.5 Å². The highest BCUT2D eigenvalue weighted by molar-refractivity contribution is 6.01. The number of rotatable bonds is 8. The van der Waals surface area contributed by atoms with Crippen LogP contribution < -0.4 is 5.32 Å². The molecule has 1 fully saturated rings. The summed E-state index contributed by atoms with van der Waals surface area (Å²) in [6.45, 7) is 1.61. The van der Waals surface area contributed by atoms with Crippen LogP contribution >= 0.6 is 0 Å². The van der Waals surface area contributed by atoms with Gasteiger partial charge in [-0.05, 0) is 55.5 Å². The molecule has 2 atom stereocenters. The number of halogens is 2. The van der Waals surface area contributed by atoms with Crippen LogP contribution in [0.25, 0.3) is 11.1 Å². The van der Waals surface area contributed by atoms with Crippen molar-refractivity contribution in [2.24, 2.45) is 0 Å². The molecule has 3 rings (SSSR count). The molecule has 10 heteroatoms. The quantitative estimate of drug-likeness (QED) is 0.374. The minimum absolute atomic E-state index is 0.0150. The summed E-state index contributed by atoms with van der Waals surface area (Å²) >= 11 is 0. The van der Waals surface area contributed by atoms with Crippen LogP contribution in [0.4, 0.5) is 14.5 Å². The van der Waals surface area contributed by atoms with E-state index in [0.717, 1.165) is 44.6 Å². The Balaban J connectivity index is 1.87. The van der Waals surface area contributed by atoms with Gasteiger partial charge in [0.05, 0.1) is 24.2 Å². The lowest BCUT2D eigenvalue weighted by atomic mass is 9.95. The standard InChI is InChI=1S/C22H22F2N2O6/c1-12(32-15-4-3-5-15)20(22(28)31-2)25-21(27)16-8-6-14(11-19(16)26(29)30)13-7-9-17(23)18(24)10-13/h6-12,15,20H,3-5H2,1-2H3,(H,25,27)/t12-,20+/m1/s1. The van der Waals surface area contributed by atoms with E-state index in [1.54, 1.807) is 6.92 Å². The molecule has 2 aromatic carbocycles. The Labute approximate surface area is 182 Å². The number of nitrogens with one attached hydrogen (secondary N) is 1. The molecular weight excluding hydrogens is 426 g/mol. The van der Waals surface area contributed by atoms with Crippen molar-refractivity contribution in [2.45, 2.75) is 44.4 Å². The Morgan fingerprint density at radius 1 is 1.12 bits per heavy atom. The third-order valence-electron chi connectivity index (χ3n) is 5.36. The van der Waals surface area contributed by atoms with Gasteiger partial charge in [0, 0.05) is 6.07 Å². The second-order valence-electron chi connectivity index (χ2n) is 7.49. The summed E-state index contributed by atoms with van der Waals surface area (Å²) in [5.41, 5.74) is -0.431. The van der Waals surface area contributed by atoms with Crippen LogP contribution in [-0.2, 0) is 14.3 Å². The molecule has 1 aliphatic rings. The van der Waals surface area contributed by atoms with Gasteiger partial charge in [0.25, 0.3) is 11.6 Å². The summed E-state index contributed by atoms with van der Waals surface area (Å²) in [6, 6.07) is 5.56. The molecule has 0 spiro atoms. The Morgan fingerprint density at radius 2 is 1.78 bits per heavy atom. The van der Waals surface area contributed by atoms with Crippen molar-refractivity contribution in [3.8, 4) is 11.1 Å². The van der Waals surface area contributed by atoms with E-state index in [-0.39, 0.29) is 22.8 Å². The van der Waals surface area contributed by atoms with Crippen LogP contribution in [0.2, 0.25) is 0 Å². The molecule has 170 valence electrons. The lowest BCUT2D eigenvalue weighted by molar-refractivity contribution is -0.385. The van der Waals surface area contributed by atoms with Gasteiger partial charge in [0.1, 0.15) is 5.56 Å². The van der Waals surface area contributed by atoms with Gasteiger partial charge in [-0.15, -0.1) is 0 Å². The SMILES string of the molecule is COC(=O)[C@@H](NC(=O)c1ccc(-c2ccc(F)c(F)c2)cc1[N+](=O)[O-])[C@@H](C)OC1CCC1. The number of nitrogens with zero attached hydrogens (tertiary/aromatic N) is 1. The van der Waals surface area contributed by atoms with Gasteiger partial charge in [-0.3, -0.25) is 14.9 Å².